The zero-order chi connectivity index (χ0) is 14.1. The number of rotatable bonds is 3. The van der Waals surface area contributed by atoms with E-state index in [2.05, 4.69) is 54.9 Å². The van der Waals surface area contributed by atoms with Crippen LogP contribution in [0.15, 0.2) is 24.3 Å². The van der Waals surface area contributed by atoms with Crippen LogP contribution in [0, 0.1) is 12.8 Å². The van der Waals surface area contributed by atoms with Crippen molar-refractivity contribution < 1.29 is 0 Å². The second kappa shape index (κ2) is 5.41. The Bertz CT molecular complexity index is 593. The van der Waals surface area contributed by atoms with Crippen LogP contribution in [0.3, 0.4) is 0 Å². The predicted octanol–water partition coefficient (Wildman–Crippen LogP) is 3.02. The molecule has 0 unspecified atom stereocenters. The zero-order valence-electron chi connectivity index (χ0n) is 12.6. The number of aromatic nitrogens is 2. The van der Waals surface area contributed by atoms with E-state index in [0.29, 0.717) is 5.92 Å². The maximum atomic E-state index is 4.89. The Balaban J connectivity index is 2.10. The summed E-state index contributed by atoms with van der Waals surface area (Å²) in [7, 11) is 0. The molecule has 1 aliphatic rings. The van der Waals surface area contributed by atoms with Gasteiger partial charge in [0.2, 0.25) is 0 Å². The SMILES string of the molecule is Cc1ccc(-n2c(CC(C)C)nc3c2CCNC3)cc1. The van der Waals surface area contributed by atoms with Gasteiger partial charge in [0.1, 0.15) is 5.82 Å². The van der Waals surface area contributed by atoms with E-state index in [1.807, 2.05) is 0 Å². The average Bonchev–Trinajstić information content (AvgIpc) is 2.77. The van der Waals surface area contributed by atoms with E-state index in [9.17, 15) is 0 Å². The summed E-state index contributed by atoms with van der Waals surface area (Å²) in [5, 5.41) is 3.42. The Labute approximate surface area is 121 Å². The van der Waals surface area contributed by atoms with Crippen molar-refractivity contribution in [2.24, 2.45) is 5.92 Å². The van der Waals surface area contributed by atoms with Crippen LogP contribution in [0.2, 0.25) is 0 Å². The third-order valence-corrected chi connectivity index (χ3v) is 3.84. The molecule has 0 spiro atoms. The third-order valence-electron chi connectivity index (χ3n) is 3.84. The molecular formula is C17H23N3. The topological polar surface area (TPSA) is 29.9 Å². The number of nitrogens with zero attached hydrogens (tertiary/aromatic N) is 2. The fraction of sp³-hybridized carbons (Fsp3) is 0.471. The van der Waals surface area contributed by atoms with Gasteiger partial charge in [-0.3, -0.25) is 0 Å². The molecule has 1 N–H and O–H groups in total. The van der Waals surface area contributed by atoms with E-state index in [4.69, 9.17) is 4.98 Å². The molecule has 0 aliphatic carbocycles. The monoisotopic (exact) mass is 269 g/mol. The van der Waals surface area contributed by atoms with Gasteiger partial charge in [0.25, 0.3) is 0 Å². The van der Waals surface area contributed by atoms with Crippen LogP contribution < -0.4 is 5.32 Å². The number of imidazole rings is 1. The highest BCUT2D eigenvalue weighted by Crippen LogP contribution is 2.23. The summed E-state index contributed by atoms with van der Waals surface area (Å²) in [6, 6.07) is 8.79. The molecule has 2 aromatic rings. The standard InChI is InChI=1S/C17H23N3/c1-12(2)10-17-19-15-11-18-9-8-16(15)20(17)14-6-4-13(3)5-7-14/h4-7,12,18H,8-11H2,1-3H3. The molecule has 0 atom stereocenters. The second-order valence-electron chi connectivity index (χ2n) is 6.12. The van der Waals surface area contributed by atoms with Crippen molar-refractivity contribution in [1.29, 1.82) is 0 Å². The summed E-state index contributed by atoms with van der Waals surface area (Å²) in [5.41, 5.74) is 5.17. The van der Waals surface area contributed by atoms with Crippen LogP contribution in [-0.2, 0) is 19.4 Å². The first-order chi connectivity index (χ1) is 9.65. The van der Waals surface area contributed by atoms with Crippen LogP contribution in [0.25, 0.3) is 5.69 Å². The van der Waals surface area contributed by atoms with Crippen molar-refractivity contribution in [3.8, 4) is 5.69 Å². The molecule has 0 radical (unpaired) electrons. The lowest BCUT2D eigenvalue weighted by Gasteiger charge is -2.17. The van der Waals surface area contributed by atoms with Crippen molar-refractivity contribution >= 4 is 0 Å². The minimum absolute atomic E-state index is 0.621. The second-order valence-corrected chi connectivity index (χ2v) is 6.12. The first-order valence-corrected chi connectivity index (χ1v) is 7.52. The Kier molecular flexibility index (Phi) is 3.62. The van der Waals surface area contributed by atoms with E-state index < -0.39 is 0 Å². The van der Waals surface area contributed by atoms with Gasteiger partial charge in [-0.25, -0.2) is 4.98 Å². The van der Waals surface area contributed by atoms with Gasteiger partial charge in [-0.05, 0) is 25.0 Å². The molecule has 3 heteroatoms. The Hall–Kier alpha value is -1.61. The van der Waals surface area contributed by atoms with Gasteiger partial charge in [-0.15, -0.1) is 0 Å². The van der Waals surface area contributed by atoms with Crippen molar-refractivity contribution in [3.05, 3.63) is 47.0 Å². The van der Waals surface area contributed by atoms with E-state index in [-0.39, 0.29) is 0 Å². The first kappa shape index (κ1) is 13.4. The summed E-state index contributed by atoms with van der Waals surface area (Å²) in [6.45, 7) is 8.59. The maximum Gasteiger partial charge on any atom is 0.114 e. The summed E-state index contributed by atoms with van der Waals surface area (Å²) in [4.78, 5) is 4.89. The molecule has 1 aromatic heterocycles. The summed E-state index contributed by atoms with van der Waals surface area (Å²) in [5.74, 6) is 1.83. The van der Waals surface area contributed by atoms with Gasteiger partial charge >= 0.3 is 0 Å². The lowest BCUT2D eigenvalue weighted by atomic mass is 10.1. The molecule has 0 amide bonds. The summed E-state index contributed by atoms with van der Waals surface area (Å²) >= 11 is 0. The lowest BCUT2D eigenvalue weighted by Crippen LogP contribution is -2.24. The number of benzene rings is 1. The number of fused-ring (bicyclic) bond motifs is 1. The fourth-order valence-electron chi connectivity index (χ4n) is 2.87. The highest BCUT2D eigenvalue weighted by Gasteiger charge is 2.20. The summed E-state index contributed by atoms with van der Waals surface area (Å²) in [6.07, 6.45) is 2.09. The highest BCUT2D eigenvalue weighted by molar-refractivity contribution is 5.40. The molecule has 1 aromatic carbocycles. The highest BCUT2D eigenvalue weighted by atomic mass is 15.1. The molecule has 1 aliphatic heterocycles. The van der Waals surface area contributed by atoms with Crippen LogP contribution in [0.4, 0.5) is 0 Å². The quantitative estimate of drug-likeness (QED) is 0.928. The van der Waals surface area contributed by atoms with Crippen LogP contribution in [-0.4, -0.2) is 16.1 Å². The van der Waals surface area contributed by atoms with Crippen molar-refractivity contribution in [2.45, 2.75) is 40.2 Å². The van der Waals surface area contributed by atoms with Crippen LogP contribution in [0.5, 0.6) is 0 Å². The Morgan fingerprint density at radius 2 is 2.00 bits per heavy atom. The first-order valence-electron chi connectivity index (χ1n) is 7.52. The fourth-order valence-corrected chi connectivity index (χ4v) is 2.87. The molecule has 0 saturated heterocycles. The van der Waals surface area contributed by atoms with Gasteiger partial charge in [0.15, 0.2) is 0 Å². The molecule has 106 valence electrons. The normalized spacial score (nSPS) is 14.6. The molecule has 3 rings (SSSR count). The zero-order valence-corrected chi connectivity index (χ0v) is 12.6. The van der Waals surface area contributed by atoms with Gasteiger partial charge < -0.3 is 9.88 Å². The minimum Gasteiger partial charge on any atom is -0.311 e. The van der Waals surface area contributed by atoms with E-state index in [0.717, 1.165) is 25.9 Å². The number of aryl methyl sites for hydroxylation is 1. The predicted molar refractivity (Wildman–Crippen MR) is 82.3 cm³/mol. The number of hydrogen-bond donors (Lipinski definition) is 1. The number of nitrogens with one attached hydrogen (secondary N) is 1. The third kappa shape index (κ3) is 2.50. The van der Waals surface area contributed by atoms with E-state index in [1.165, 1.54) is 28.5 Å². The van der Waals surface area contributed by atoms with Gasteiger partial charge in [-0.2, -0.15) is 0 Å². The Morgan fingerprint density at radius 3 is 2.70 bits per heavy atom. The van der Waals surface area contributed by atoms with E-state index >= 15 is 0 Å². The summed E-state index contributed by atoms with van der Waals surface area (Å²) < 4.78 is 2.38. The van der Waals surface area contributed by atoms with Crippen LogP contribution >= 0.6 is 0 Å². The molecule has 0 bridgehead atoms. The van der Waals surface area contributed by atoms with Gasteiger partial charge in [0.05, 0.1) is 5.69 Å². The van der Waals surface area contributed by atoms with E-state index in [1.54, 1.807) is 0 Å². The largest absolute Gasteiger partial charge is 0.311 e. The Morgan fingerprint density at radius 1 is 1.25 bits per heavy atom. The minimum atomic E-state index is 0.621. The molecule has 2 heterocycles. The molecule has 20 heavy (non-hydrogen) atoms. The van der Waals surface area contributed by atoms with Crippen LogP contribution in [0.1, 0.15) is 36.6 Å². The molecule has 0 fully saturated rings. The van der Waals surface area contributed by atoms with Crippen molar-refractivity contribution in [2.75, 3.05) is 6.54 Å². The van der Waals surface area contributed by atoms with Crippen molar-refractivity contribution in [3.63, 3.8) is 0 Å². The molecule has 3 nitrogen and oxygen atoms in total. The molecular weight excluding hydrogens is 246 g/mol. The average molecular weight is 269 g/mol. The maximum absolute atomic E-state index is 4.89. The molecule has 0 saturated carbocycles. The smallest absolute Gasteiger partial charge is 0.114 e. The van der Waals surface area contributed by atoms with Gasteiger partial charge in [-0.1, -0.05) is 31.5 Å². The van der Waals surface area contributed by atoms with Gasteiger partial charge in [0, 0.05) is 37.3 Å². The lowest BCUT2D eigenvalue weighted by molar-refractivity contribution is 0.608. The number of hydrogen-bond acceptors (Lipinski definition) is 2. The van der Waals surface area contributed by atoms with Crippen molar-refractivity contribution in [1.82, 2.24) is 14.9 Å².